The zero-order valence-corrected chi connectivity index (χ0v) is 7.79. The van der Waals surface area contributed by atoms with Crippen LogP contribution in [0.5, 0.6) is 0 Å². The second kappa shape index (κ2) is 5.99. The molecule has 0 aliphatic carbocycles. The third kappa shape index (κ3) is 4.63. The molecule has 0 bridgehead atoms. The van der Waals surface area contributed by atoms with Gasteiger partial charge in [0.1, 0.15) is 0 Å². The molecule has 0 aliphatic rings. The highest BCUT2D eigenvalue weighted by Crippen LogP contribution is 1.86. The van der Waals surface area contributed by atoms with E-state index in [1.165, 1.54) is 0 Å². The first-order chi connectivity index (χ1) is 5.24. The van der Waals surface area contributed by atoms with E-state index < -0.39 is 0 Å². The number of rotatable bonds is 3. The minimum Gasteiger partial charge on any atom is -0.363 e. The van der Waals surface area contributed by atoms with Crippen molar-refractivity contribution in [2.75, 3.05) is 6.54 Å². The van der Waals surface area contributed by atoms with Crippen LogP contribution in [-0.2, 0) is 0 Å². The van der Waals surface area contributed by atoms with Crippen LogP contribution in [0.4, 0.5) is 0 Å². The Labute approximate surface area is 73.8 Å². The summed E-state index contributed by atoms with van der Waals surface area (Å²) in [6, 6.07) is 0.0570. The van der Waals surface area contributed by atoms with Crippen LogP contribution in [-0.4, -0.2) is 17.7 Å². The topological polar surface area (TPSA) is 24.1 Å². The molecular formula is C8H14N2S. The molecule has 0 fully saturated rings. The van der Waals surface area contributed by atoms with Crippen LogP contribution in [0.2, 0.25) is 0 Å². The lowest BCUT2D eigenvalue weighted by Gasteiger charge is -2.13. The van der Waals surface area contributed by atoms with Crippen LogP contribution in [0, 0.1) is 12.3 Å². The van der Waals surface area contributed by atoms with Crippen molar-refractivity contribution in [3.8, 4) is 12.3 Å². The maximum atomic E-state index is 5.23. The fourth-order valence-corrected chi connectivity index (χ4v) is 0.918. The minimum absolute atomic E-state index is 0.0570. The summed E-state index contributed by atoms with van der Waals surface area (Å²) in [5.41, 5.74) is 0. The predicted octanol–water partition coefficient (Wildman–Crippen LogP) is 0.882. The van der Waals surface area contributed by atoms with Crippen molar-refractivity contribution >= 4 is 17.3 Å². The highest BCUT2D eigenvalue weighted by molar-refractivity contribution is 7.80. The van der Waals surface area contributed by atoms with Crippen molar-refractivity contribution in [3.63, 3.8) is 0 Å². The molecule has 1 atom stereocenters. The van der Waals surface area contributed by atoms with Gasteiger partial charge in [0.15, 0.2) is 5.11 Å². The van der Waals surface area contributed by atoms with Gasteiger partial charge >= 0.3 is 0 Å². The van der Waals surface area contributed by atoms with E-state index in [9.17, 15) is 0 Å². The summed E-state index contributed by atoms with van der Waals surface area (Å²) >= 11 is 4.94. The summed E-state index contributed by atoms with van der Waals surface area (Å²) in [5, 5.41) is 6.61. The molecule has 0 aliphatic heterocycles. The molecule has 0 spiro atoms. The average molecular weight is 170 g/mol. The quantitative estimate of drug-likeness (QED) is 0.486. The SMILES string of the molecule is C#CC(CC)NC(=S)NCC. The zero-order valence-electron chi connectivity index (χ0n) is 6.98. The Morgan fingerprint density at radius 2 is 2.27 bits per heavy atom. The summed E-state index contributed by atoms with van der Waals surface area (Å²) in [4.78, 5) is 0. The highest BCUT2D eigenvalue weighted by Gasteiger charge is 2.01. The molecule has 2 N–H and O–H groups in total. The fourth-order valence-electron chi connectivity index (χ4n) is 0.631. The summed E-state index contributed by atoms with van der Waals surface area (Å²) in [6.07, 6.45) is 6.12. The minimum atomic E-state index is 0.0570. The molecule has 1 unspecified atom stereocenters. The molecule has 62 valence electrons. The highest BCUT2D eigenvalue weighted by atomic mass is 32.1. The molecule has 0 heterocycles. The van der Waals surface area contributed by atoms with E-state index in [2.05, 4.69) is 16.6 Å². The van der Waals surface area contributed by atoms with Gasteiger partial charge in [-0.25, -0.2) is 0 Å². The van der Waals surface area contributed by atoms with Crippen molar-refractivity contribution in [1.29, 1.82) is 0 Å². The second-order valence-corrected chi connectivity index (χ2v) is 2.54. The first kappa shape index (κ1) is 10.2. The summed E-state index contributed by atoms with van der Waals surface area (Å²) in [7, 11) is 0. The molecule has 0 aromatic carbocycles. The molecule has 2 nitrogen and oxygen atoms in total. The van der Waals surface area contributed by atoms with Crippen molar-refractivity contribution in [1.82, 2.24) is 10.6 Å². The molecule has 0 amide bonds. The molecule has 0 rings (SSSR count). The van der Waals surface area contributed by atoms with Gasteiger partial charge < -0.3 is 10.6 Å². The van der Waals surface area contributed by atoms with Gasteiger partial charge in [-0.1, -0.05) is 12.8 Å². The van der Waals surface area contributed by atoms with Gasteiger partial charge in [-0.3, -0.25) is 0 Å². The lowest BCUT2D eigenvalue weighted by atomic mass is 10.2. The first-order valence-electron chi connectivity index (χ1n) is 3.75. The lowest BCUT2D eigenvalue weighted by molar-refractivity contribution is 0.710. The third-order valence-corrected chi connectivity index (χ3v) is 1.51. The lowest BCUT2D eigenvalue weighted by Crippen LogP contribution is -2.40. The second-order valence-electron chi connectivity index (χ2n) is 2.13. The van der Waals surface area contributed by atoms with E-state index in [1.807, 2.05) is 13.8 Å². The normalized spacial score (nSPS) is 11.4. The van der Waals surface area contributed by atoms with Crippen molar-refractivity contribution < 1.29 is 0 Å². The van der Waals surface area contributed by atoms with Gasteiger partial charge in [-0.2, -0.15) is 0 Å². The number of terminal acetylenes is 1. The smallest absolute Gasteiger partial charge is 0.167 e. The largest absolute Gasteiger partial charge is 0.363 e. The van der Waals surface area contributed by atoms with Crippen molar-refractivity contribution in [3.05, 3.63) is 0 Å². The van der Waals surface area contributed by atoms with Crippen LogP contribution >= 0.6 is 12.2 Å². The zero-order chi connectivity index (χ0) is 8.69. The van der Waals surface area contributed by atoms with Gasteiger partial charge in [0.25, 0.3) is 0 Å². The predicted molar refractivity (Wildman–Crippen MR) is 52.3 cm³/mol. The average Bonchev–Trinajstić information content (AvgIpc) is 2.01. The van der Waals surface area contributed by atoms with Crippen LogP contribution in [0.1, 0.15) is 20.3 Å². The van der Waals surface area contributed by atoms with Crippen LogP contribution in [0.25, 0.3) is 0 Å². The molecule has 0 radical (unpaired) electrons. The van der Waals surface area contributed by atoms with Crippen LogP contribution in [0.3, 0.4) is 0 Å². The Morgan fingerprint density at radius 1 is 1.64 bits per heavy atom. The Bertz CT molecular complexity index is 160. The molecule has 0 aromatic rings. The van der Waals surface area contributed by atoms with E-state index in [0.717, 1.165) is 13.0 Å². The Balaban J connectivity index is 3.65. The van der Waals surface area contributed by atoms with Crippen molar-refractivity contribution in [2.45, 2.75) is 26.3 Å². The van der Waals surface area contributed by atoms with Gasteiger partial charge in [-0.05, 0) is 25.6 Å². The number of nitrogens with one attached hydrogen (secondary N) is 2. The van der Waals surface area contributed by atoms with E-state index >= 15 is 0 Å². The maximum Gasteiger partial charge on any atom is 0.167 e. The standard InChI is InChI=1S/C8H14N2S/c1-4-7(5-2)10-8(11)9-6-3/h1,7H,5-6H2,2-3H3,(H2,9,10,11). The molecule has 0 saturated carbocycles. The van der Waals surface area contributed by atoms with Crippen molar-refractivity contribution in [2.24, 2.45) is 0 Å². The third-order valence-electron chi connectivity index (χ3n) is 1.25. The monoisotopic (exact) mass is 170 g/mol. The first-order valence-corrected chi connectivity index (χ1v) is 4.15. The summed E-state index contributed by atoms with van der Waals surface area (Å²) in [5.74, 6) is 2.60. The van der Waals surface area contributed by atoms with E-state index in [-0.39, 0.29) is 6.04 Å². The van der Waals surface area contributed by atoms with Gasteiger partial charge in [0.05, 0.1) is 6.04 Å². The molecule has 11 heavy (non-hydrogen) atoms. The molecular weight excluding hydrogens is 156 g/mol. The van der Waals surface area contributed by atoms with Crippen LogP contribution in [0.15, 0.2) is 0 Å². The van der Waals surface area contributed by atoms with E-state index in [1.54, 1.807) is 0 Å². The number of thiocarbonyl (C=S) groups is 1. The molecule has 0 saturated heterocycles. The number of hydrogen-bond acceptors (Lipinski definition) is 1. The van der Waals surface area contributed by atoms with Crippen LogP contribution < -0.4 is 10.6 Å². The van der Waals surface area contributed by atoms with E-state index in [0.29, 0.717) is 5.11 Å². The Hall–Kier alpha value is -0.750. The fraction of sp³-hybridized carbons (Fsp3) is 0.625. The summed E-state index contributed by atoms with van der Waals surface area (Å²) in [6.45, 7) is 4.84. The molecule has 0 aromatic heterocycles. The number of hydrogen-bond donors (Lipinski definition) is 2. The Kier molecular flexibility index (Phi) is 5.58. The van der Waals surface area contributed by atoms with Gasteiger partial charge in [-0.15, -0.1) is 6.42 Å². The summed E-state index contributed by atoms with van der Waals surface area (Å²) < 4.78 is 0. The Morgan fingerprint density at radius 3 is 2.64 bits per heavy atom. The van der Waals surface area contributed by atoms with Gasteiger partial charge in [0.2, 0.25) is 0 Å². The molecule has 3 heteroatoms. The maximum absolute atomic E-state index is 5.23. The van der Waals surface area contributed by atoms with E-state index in [4.69, 9.17) is 18.6 Å². The van der Waals surface area contributed by atoms with Gasteiger partial charge in [0, 0.05) is 6.54 Å².